The van der Waals surface area contributed by atoms with Gasteiger partial charge in [0.2, 0.25) is 0 Å². The van der Waals surface area contributed by atoms with Crippen molar-refractivity contribution in [3.8, 4) is 0 Å². The number of ether oxygens (including phenoxy) is 1. The summed E-state index contributed by atoms with van der Waals surface area (Å²) in [5.74, 6) is -0.304. The van der Waals surface area contributed by atoms with E-state index in [0.717, 1.165) is 0 Å². The average Bonchev–Trinajstić information content (AvgIpc) is 2.16. The molecule has 6 nitrogen and oxygen atoms in total. The van der Waals surface area contributed by atoms with Crippen LogP contribution < -0.4 is 5.32 Å². The zero-order chi connectivity index (χ0) is 11.0. The molecule has 0 aliphatic rings. The average molecular weight is 200 g/mol. The minimum atomic E-state index is -0.689. The highest BCUT2D eigenvalue weighted by atomic mass is 16.5. The van der Waals surface area contributed by atoms with E-state index < -0.39 is 5.54 Å². The Balaban J connectivity index is 3.76. The molecule has 80 valence electrons. The standard InChI is InChI=1S/C8H16N4O2/c1-8(2,7(13)14-3)10-5-4-6-11-12-9/h10H,4-6H2,1-3H3. The Hall–Kier alpha value is -1.26. The largest absolute Gasteiger partial charge is 0.468 e. The molecular weight excluding hydrogens is 184 g/mol. The van der Waals surface area contributed by atoms with Crippen LogP contribution in [0.4, 0.5) is 0 Å². The maximum atomic E-state index is 11.2. The molecule has 0 aliphatic heterocycles. The fourth-order valence-electron chi connectivity index (χ4n) is 0.923. The Bertz CT molecular complexity index is 233. The second-order valence-electron chi connectivity index (χ2n) is 3.35. The zero-order valence-corrected chi connectivity index (χ0v) is 8.78. The summed E-state index contributed by atoms with van der Waals surface area (Å²) in [4.78, 5) is 13.8. The molecule has 0 rings (SSSR count). The summed E-state index contributed by atoms with van der Waals surface area (Å²) in [7, 11) is 1.35. The predicted molar refractivity (Wildman–Crippen MR) is 52.7 cm³/mol. The molecule has 0 atom stereocenters. The van der Waals surface area contributed by atoms with Crippen molar-refractivity contribution in [2.45, 2.75) is 25.8 Å². The van der Waals surface area contributed by atoms with Crippen LogP contribution in [0.3, 0.4) is 0 Å². The van der Waals surface area contributed by atoms with Crippen molar-refractivity contribution in [1.29, 1.82) is 0 Å². The van der Waals surface area contributed by atoms with Gasteiger partial charge in [-0.05, 0) is 32.3 Å². The molecule has 0 spiro atoms. The Morgan fingerprint density at radius 2 is 2.29 bits per heavy atom. The lowest BCUT2D eigenvalue weighted by Gasteiger charge is -2.22. The smallest absolute Gasteiger partial charge is 0.325 e. The number of esters is 1. The second kappa shape index (κ2) is 6.23. The monoisotopic (exact) mass is 200 g/mol. The summed E-state index contributed by atoms with van der Waals surface area (Å²) < 4.78 is 4.61. The highest BCUT2D eigenvalue weighted by molar-refractivity contribution is 5.79. The molecule has 0 fully saturated rings. The van der Waals surface area contributed by atoms with Crippen LogP contribution in [0.25, 0.3) is 10.4 Å². The van der Waals surface area contributed by atoms with E-state index in [4.69, 9.17) is 5.53 Å². The van der Waals surface area contributed by atoms with Gasteiger partial charge < -0.3 is 10.1 Å². The summed E-state index contributed by atoms with van der Waals surface area (Å²) in [5, 5.41) is 6.39. The van der Waals surface area contributed by atoms with E-state index in [1.165, 1.54) is 7.11 Å². The van der Waals surface area contributed by atoms with Gasteiger partial charge in [-0.15, -0.1) is 0 Å². The van der Waals surface area contributed by atoms with E-state index in [2.05, 4.69) is 20.1 Å². The predicted octanol–water partition coefficient (Wildman–Crippen LogP) is 1.23. The number of azide groups is 1. The van der Waals surface area contributed by atoms with Gasteiger partial charge in [0.05, 0.1) is 7.11 Å². The first-order chi connectivity index (χ1) is 6.54. The van der Waals surface area contributed by atoms with Crippen LogP contribution >= 0.6 is 0 Å². The fraction of sp³-hybridized carbons (Fsp3) is 0.875. The van der Waals surface area contributed by atoms with Gasteiger partial charge >= 0.3 is 5.97 Å². The lowest BCUT2D eigenvalue weighted by Crippen LogP contribution is -2.47. The SMILES string of the molecule is COC(=O)C(C)(C)NCCCN=[N+]=[N-]. The highest BCUT2D eigenvalue weighted by Gasteiger charge is 2.27. The molecule has 0 aromatic rings. The molecule has 0 radical (unpaired) electrons. The number of methoxy groups -OCH3 is 1. The van der Waals surface area contributed by atoms with Gasteiger partial charge in [-0.25, -0.2) is 0 Å². The summed E-state index contributed by atoms with van der Waals surface area (Å²) in [6, 6.07) is 0. The molecule has 6 heteroatoms. The van der Waals surface area contributed by atoms with Gasteiger partial charge in [0.1, 0.15) is 5.54 Å². The number of nitrogens with zero attached hydrogens (tertiary/aromatic N) is 3. The molecule has 0 bridgehead atoms. The Labute approximate surface area is 83.3 Å². The van der Waals surface area contributed by atoms with Gasteiger partial charge in [0, 0.05) is 11.5 Å². The van der Waals surface area contributed by atoms with Gasteiger partial charge in [0.15, 0.2) is 0 Å². The van der Waals surface area contributed by atoms with E-state index in [1.807, 2.05) is 0 Å². The van der Waals surface area contributed by atoms with Crippen LogP contribution in [0, 0.1) is 0 Å². The fourth-order valence-corrected chi connectivity index (χ4v) is 0.923. The molecule has 14 heavy (non-hydrogen) atoms. The third-order valence-corrected chi connectivity index (χ3v) is 1.76. The number of carbonyl (C=O) groups excluding carboxylic acids is 1. The summed E-state index contributed by atoms with van der Waals surface area (Å²) in [6.07, 6.45) is 0.699. The first-order valence-electron chi connectivity index (χ1n) is 4.39. The molecule has 0 saturated carbocycles. The van der Waals surface area contributed by atoms with E-state index in [0.29, 0.717) is 19.5 Å². The van der Waals surface area contributed by atoms with Gasteiger partial charge in [-0.3, -0.25) is 4.79 Å². The van der Waals surface area contributed by atoms with Crippen molar-refractivity contribution >= 4 is 5.97 Å². The number of nitrogens with one attached hydrogen (secondary N) is 1. The van der Waals surface area contributed by atoms with Crippen molar-refractivity contribution < 1.29 is 9.53 Å². The van der Waals surface area contributed by atoms with Crippen LogP contribution in [-0.2, 0) is 9.53 Å². The zero-order valence-electron chi connectivity index (χ0n) is 8.78. The Morgan fingerprint density at radius 1 is 1.64 bits per heavy atom. The Morgan fingerprint density at radius 3 is 2.79 bits per heavy atom. The van der Waals surface area contributed by atoms with Gasteiger partial charge in [-0.1, -0.05) is 5.11 Å². The van der Waals surface area contributed by atoms with Crippen molar-refractivity contribution in [2.75, 3.05) is 20.2 Å². The number of hydrogen-bond donors (Lipinski definition) is 1. The van der Waals surface area contributed by atoms with E-state index in [-0.39, 0.29) is 5.97 Å². The highest BCUT2D eigenvalue weighted by Crippen LogP contribution is 2.03. The molecule has 0 saturated heterocycles. The van der Waals surface area contributed by atoms with E-state index >= 15 is 0 Å². The summed E-state index contributed by atoms with van der Waals surface area (Å²) in [5.41, 5.74) is 7.33. The first-order valence-corrected chi connectivity index (χ1v) is 4.39. The molecule has 0 aromatic carbocycles. The third kappa shape index (κ3) is 4.69. The maximum absolute atomic E-state index is 11.2. The molecule has 0 aromatic heterocycles. The van der Waals surface area contributed by atoms with Crippen molar-refractivity contribution in [1.82, 2.24) is 5.32 Å². The minimum Gasteiger partial charge on any atom is -0.468 e. The molecule has 0 aliphatic carbocycles. The maximum Gasteiger partial charge on any atom is 0.325 e. The third-order valence-electron chi connectivity index (χ3n) is 1.76. The molecule has 1 N–H and O–H groups in total. The van der Waals surface area contributed by atoms with E-state index in [9.17, 15) is 4.79 Å². The summed E-state index contributed by atoms with van der Waals surface area (Å²) >= 11 is 0. The quantitative estimate of drug-likeness (QED) is 0.230. The minimum absolute atomic E-state index is 0.304. The second-order valence-corrected chi connectivity index (χ2v) is 3.35. The van der Waals surface area contributed by atoms with Crippen LogP contribution in [0.2, 0.25) is 0 Å². The molecule has 0 amide bonds. The number of rotatable bonds is 6. The number of carbonyl (C=O) groups is 1. The van der Waals surface area contributed by atoms with Crippen molar-refractivity contribution in [2.24, 2.45) is 5.11 Å². The molecule has 0 unspecified atom stereocenters. The van der Waals surface area contributed by atoms with E-state index in [1.54, 1.807) is 13.8 Å². The van der Waals surface area contributed by atoms with Crippen molar-refractivity contribution in [3.63, 3.8) is 0 Å². The topological polar surface area (TPSA) is 87.1 Å². The molecular formula is C8H16N4O2. The van der Waals surface area contributed by atoms with Gasteiger partial charge in [0.25, 0.3) is 0 Å². The Kier molecular flexibility index (Phi) is 5.67. The van der Waals surface area contributed by atoms with Crippen LogP contribution in [-0.4, -0.2) is 31.7 Å². The summed E-state index contributed by atoms with van der Waals surface area (Å²) in [6.45, 7) is 4.53. The number of hydrogen-bond acceptors (Lipinski definition) is 4. The lowest BCUT2D eigenvalue weighted by atomic mass is 10.1. The van der Waals surface area contributed by atoms with Crippen LogP contribution in [0.1, 0.15) is 20.3 Å². The van der Waals surface area contributed by atoms with Gasteiger partial charge in [-0.2, -0.15) is 0 Å². The van der Waals surface area contributed by atoms with Crippen molar-refractivity contribution in [3.05, 3.63) is 10.4 Å². The van der Waals surface area contributed by atoms with Crippen LogP contribution in [0.5, 0.6) is 0 Å². The lowest BCUT2D eigenvalue weighted by molar-refractivity contribution is -0.147. The normalized spacial score (nSPS) is 10.5. The molecule has 0 heterocycles. The first kappa shape index (κ1) is 12.7. The van der Waals surface area contributed by atoms with Crippen LogP contribution in [0.15, 0.2) is 5.11 Å².